The fourth-order valence-corrected chi connectivity index (χ4v) is 1.81. The van der Waals surface area contributed by atoms with Crippen LogP contribution in [0.1, 0.15) is 25.3 Å². The third-order valence-corrected chi connectivity index (χ3v) is 2.82. The minimum Gasteiger partial charge on any atom is -0.382 e. The molecule has 0 aliphatic rings. The second kappa shape index (κ2) is 7.04. The molecule has 0 aliphatic heterocycles. The van der Waals surface area contributed by atoms with Crippen LogP contribution in [-0.2, 0) is 4.74 Å². The third kappa shape index (κ3) is 3.68. The maximum atomic E-state index is 8.83. The lowest BCUT2D eigenvalue weighted by atomic mass is 10.3. The van der Waals surface area contributed by atoms with E-state index in [1.807, 2.05) is 6.07 Å². The molecule has 0 aliphatic carbocycles. The molecule has 1 aromatic rings. The normalized spacial score (nSPS) is 10.0. The van der Waals surface area contributed by atoms with E-state index in [2.05, 4.69) is 16.6 Å². The molecule has 1 rings (SSSR count). The van der Waals surface area contributed by atoms with E-state index in [4.69, 9.17) is 15.7 Å². The van der Waals surface area contributed by atoms with E-state index in [1.54, 1.807) is 0 Å². The summed E-state index contributed by atoms with van der Waals surface area (Å²) in [6.07, 6.45) is 2.22. The summed E-state index contributed by atoms with van der Waals surface area (Å²) in [5.74, 6) is 0.293. The van der Waals surface area contributed by atoms with Crippen molar-refractivity contribution in [2.45, 2.75) is 19.8 Å². The molecular formula is C10H16N4OS. The van der Waals surface area contributed by atoms with Gasteiger partial charge in [-0.2, -0.15) is 9.64 Å². The zero-order valence-electron chi connectivity index (χ0n) is 9.32. The highest BCUT2D eigenvalue weighted by molar-refractivity contribution is 7.10. The quantitative estimate of drug-likeness (QED) is 0.710. The highest BCUT2D eigenvalue weighted by atomic mass is 32.1. The van der Waals surface area contributed by atoms with Crippen LogP contribution >= 0.6 is 11.5 Å². The SMILES string of the molecule is CCCCOCCNc1snc(N)c1C#N. The number of nitriles is 1. The van der Waals surface area contributed by atoms with Crippen LogP contribution in [0, 0.1) is 11.3 Å². The Labute approximate surface area is 99.4 Å². The zero-order chi connectivity index (χ0) is 11.8. The molecule has 1 heterocycles. The standard InChI is InChI=1S/C10H16N4OS/c1-2-3-5-15-6-4-13-10-8(7-11)9(12)14-16-10/h13H,2-6H2,1H3,(H2,12,14). The number of hydrogen-bond acceptors (Lipinski definition) is 6. The van der Waals surface area contributed by atoms with Gasteiger partial charge in [0.2, 0.25) is 0 Å². The number of anilines is 2. The van der Waals surface area contributed by atoms with E-state index in [0.29, 0.717) is 24.5 Å². The van der Waals surface area contributed by atoms with Crippen LogP contribution in [0.2, 0.25) is 0 Å². The van der Waals surface area contributed by atoms with Gasteiger partial charge in [-0.15, -0.1) is 0 Å². The number of nitrogens with two attached hydrogens (primary N) is 1. The number of nitrogens with zero attached hydrogens (tertiary/aromatic N) is 2. The van der Waals surface area contributed by atoms with Crippen LogP contribution in [0.25, 0.3) is 0 Å². The van der Waals surface area contributed by atoms with Gasteiger partial charge in [-0.1, -0.05) is 13.3 Å². The van der Waals surface area contributed by atoms with Gasteiger partial charge >= 0.3 is 0 Å². The Bertz CT molecular complexity index is 358. The molecule has 6 heteroatoms. The first kappa shape index (κ1) is 12.7. The zero-order valence-corrected chi connectivity index (χ0v) is 10.1. The van der Waals surface area contributed by atoms with Crippen molar-refractivity contribution >= 4 is 22.4 Å². The Balaban J connectivity index is 2.25. The monoisotopic (exact) mass is 240 g/mol. The molecule has 3 N–H and O–H groups in total. The van der Waals surface area contributed by atoms with Crippen molar-refractivity contribution in [1.82, 2.24) is 4.37 Å². The number of hydrogen-bond donors (Lipinski definition) is 2. The van der Waals surface area contributed by atoms with Gasteiger partial charge in [0.05, 0.1) is 6.61 Å². The molecule has 0 spiro atoms. The Morgan fingerprint density at radius 2 is 2.38 bits per heavy atom. The number of unbranched alkanes of at least 4 members (excludes halogenated alkanes) is 1. The first-order valence-electron chi connectivity index (χ1n) is 5.26. The number of nitrogens with one attached hydrogen (secondary N) is 1. The van der Waals surface area contributed by atoms with Gasteiger partial charge < -0.3 is 15.8 Å². The summed E-state index contributed by atoms with van der Waals surface area (Å²) in [7, 11) is 0. The van der Waals surface area contributed by atoms with Crippen LogP contribution in [0.5, 0.6) is 0 Å². The maximum absolute atomic E-state index is 8.83. The Morgan fingerprint density at radius 3 is 3.06 bits per heavy atom. The molecule has 0 fully saturated rings. The molecule has 0 radical (unpaired) electrons. The second-order valence-electron chi connectivity index (χ2n) is 3.28. The predicted octanol–water partition coefficient (Wildman–Crippen LogP) is 1.83. The molecule has 5 nitrogen and oxygen atoms in total. The van der Waals surface area contributed by atoms with Gasteiger partial charge in [-0.3, -0.25) is 0 Å². The van der Waals surface area contributed by atoms with E-state index in [9.17, 15) is 0 Å². The van der Waals surface area contributed by atoms with Crippen molar-refractivity contribution in [2.75, 3.05) is 30.8 Å². The molecule has 88 valence electrons. The molecular weight excluding hydrogens is 224 g/mol. The molecule has 16 heavy (non-hydrogen) atoms. The lowest BCUT2D eigenvalue weighted by molar-refractivity contribution is 0.141. The van der Waals surface area contributed by atoms with Gasteiger partial charge in [-0.05, 0) is 18.0 Å². The topological polar surface area (TPSA) is 84.0 Å². The third-order valence-electron chi connectivity index (χ3n) is 2.00. The average molecular weight is 240 g/mol. The second-order valence-corrected chi connectivity index (χ2v) is 4.05. The average Bonchev–Trinajstić information content (AvgIpc) is 2.64. The van der Waals surface area contributed by atoms with E-state index in [0.717, 1.165) is 24.4 Å². The predicted molar refractivity (Wildman–Crippen MR) is 65.5 cm³/mol. The van der Waals surface area contributed by atoms with Crippen molar-refractivity contribution in [2.24, 2.45) is 0 Å². The van der Waals surface area contributed by atoms with Crippen LogP contribution < -0.4 is 11.1 Å². The van der Waals surface area contributed by atoms with Crippen LogP contribution in [0.3, 0.4) is 0 Å². The largest absolute Gasteiger partial charge is 0.382 e. The van der Waals surface area contributed by atoms with Crippen molar-refractivity contribution in [3.63, 3.8) is 0 Å². The summed E-state index contributed by atoms with van der Waals surface area (Å²) in [5.41, 5.74) is 5.96. The van der Waals surface area contributed by atoms with Crippen molar-refractivity contribution in [3.8, 4) is 6.07 Å². The first-order chi connectivity index (χ1) is 7.79. The molecule has 0 aromatic carbocycles. The summed E-state index contributed by atoms with van der Waals surface area (Å²) >= 11 is 1.20. The Hall–Kier alpha value is -1.32. The van der Waals surface area contributed by atoms with Crippen molar-refractivity contribution in [3.05, 3.63) is 5.56 Å². The molecule has 0 unspecified atom stereocenters. The lowest BCUT2D eigenvalue weighted by Gasteiger charge is -2.04. The molecule has 1 aromatic heterocycles. The molecule has 0 amide bonds. The summed E-state index contributed by atoms with van der Waals surface area (Å²) in [6, 6.07) is 2.02. The number of ether oxygens (including phenoxy) is 1. The fourth-order valence-electron chi connectivity index (χ4n) is 1.12. The molecule has 0 saturated heterocycles. The van der Waals surface area contributed by atoms with Gasteiger partial charge in [0.15, 0.2) is 5.82 Å². The van der Waals surface area contributed by atoms with Gasteiger partial charge in [-0.25, -0.2) is 0 Å². The van der Waals surface area contributed by atoms with Crippen LogP contribution in [-0.4, -0.2) is 24.1 Å². The van der Waals surface area contributed by atoms with Gasteiger partial charge in [0.1, 0.15) is 16.6 Å². The Kier molecular flexibility index (Phi) is 5.61. The number of rotatable bonds is 7. The fraction of sp³-hybridized carbons (Fsp3) is 0.600. The Morgan fingerprint density at radius 1 is 1.56 bits per heavy atom. The summed E-state index contributed by atoms with van der Waals surface area (Å²) < 4.78 is 9.29. The van der Waals surface area contributed by atoms with E-state index in [-0.39, 0.29) is 0 Å². The van der Waals surface area contributed by atoms with Gasteiger partial charge in [0.25, 0.3) is 0 Å². The first-order valence-corrected chi connectivity index (χ1v) is 6.03. The lowest BCUT2D eigenvalue weighted by Crippen LogP contribution is -2.09. The van der Waals surface area contributed by atoms with Crippen molar-refractivity contribution < 1.29 is 4.74 Å². The molecule has 0 bridgehead atoms. The van der Waals surface area contributed by atoms with E-state index in [1.165, 1.54) is 11.5 Å². The number of aromatic nitrogens is 1. The maximum Gasteiger partial charge on any atom is 0.157 e. The van der Waals surface area contributed by atoms with Crippen LogP contribution in [0.15, 0.2) is 0 Å². The van der Waals surface area contributed by atoms with Crippen LogP contribution in [0.4, 0.5) is 10.8 Å². The highest BCUT2D eigenvalue weighted by Gasteiger charge is 2.09. The smallest absolute Gasteiger partial charge is 0.157 e. The summed E-state index contributed by atoms with van der Waals surface area (Å²) in [4.78, 5) is 0. The highest BCUT2D eigenvalue weighted by Crippen LogP contribution is 2.24. The van der Waals surface area contributed by atoms with E-state index < -0.39 is 0 Å². The summed E-state index contributed by atoms with van der Waals surface area (Å²) in [6.45, 7) is 4.21. The molecule has 0 atom stereocenters. The summed E-state index contributed by atoms with van der Waals surface area (Å²) in [5, 5.41) is 12.6. The molecule has 0 saturated carbocycles. The van der Waals surface area contributed by atoms with Gasteiger partial charge in [0, 0.05) is 13.2 Å². The van der Waals surface area contributed by atoms with E-state index >= 15 is 0 Å². The van der Waals surface area contributed by atoms with Crippen molar-refractivity contribution in [1.29, 1.82) is 5.26 Å². The number of nitrogen functional groups attached to an aromatic ring is 1. The minimum absolute atomic E-state index is 0.293. The minimum atomic E-state index is 0.293.